The summed E-state index contributed by atoms with van der Waals surface area (Å²) < 4.78 is 5.43. The quantitative estimate of drug-likeness (QED) is 0.614. The molecule has 0 bridgehead atoms. The molecule has 144 valence electrons. The molecular weight excluding hydrogens is 394 g/mol. The third-order valence-electron chi connectivity index (χ3n) is 4.86. The molecule has 3 heterocycles. The number of carbonyl (C=O) groups is 2. The average Bonchev–Trinajstić information content (AvgIpc) is 3.20. The molecule has 2 aromatic rings. The standard InChI is InChI=1S/C20H19N3O3S2/c1-12-15(7-9-26-12)18(24)21-23-19(25)17(28-20(23)27)11-13-5-6-16-14(10-13)4-3-8-22(16)2/h5-7,9-11H,3-4,8H2,1-2H3,(H,21,24)/b17-11-. The van der Waals surface area contributed by atoms with Crippen molar-refractivity contribution in [1.29, 1.82) is 0 Å². The van der Waals surface area contributed by atoms with Crippen LogP contribution in [0.25, 0.3) is 6.08 Å². The molecule has 2 aliphatic heterocycles. The van der Waals surface area contributed by atoms with Crippen molar-refractivity contribution in [2.24, 2.45) is 0 Å². The lowest BCUT2D eigenvalue weighted by Gasteiger charge is -2.27. The van der Waals surface area contributed by atoms with Crippen molar-refractivity contribution in [3.63, 3.8) is 0 Å². The third kappa shape index (κ3) is 3.45. The first kappa shape index (κ1) is 18.8. The van der Waals surface area contributed by atoms with Gasteiger partial charge in [0.2, 0.25) is 0 Å². The van der Waals surface area contributed by atoms with Crippen LogP contribution in [-0.2, 0) is 11.2 Å². The number of carbonyl (C=O) groups excluding carboxylic acids is 2. The van der Waals surface area contributed by atoms with Gasteiger partial charge in [-0.15, -0.1) is 0 Å². The van der Waals surface area contributed by atoms with Gasteiger partial charge in [-0.3, -0.25) is 15.0 Å². The summed E-state index contributed by atoms with van der Waals surface area (Å²) in [6.45, 7) is 2.74. The zero-order chi connectivity index (χ0) is 19.8. The smallest absolute Gasteiger partial charge is 0.285 e. The second-order valence-electron chi connectivity index (χ2n) is 6.76. The third-order valence-corrected chi connectivity index (χ3v) is 6.16. The van der Waals surface area contributed by atoms with Crippen LogP contribution in [0.15, 0.2) is 39.9 Å². The van der Waals surface area contributed by atoms with E-state index >= 15 is 0 Å². The van der Waals surface area contributed by atoms with Gasteiger partial charge in [-0.2, -0.15) is 5.01 Å². The molecule has 1 saturated heterocycles. The maximum Gasteiger partial charge on any atom is 0.285 e. The fourth-order valence-electron chi connectivity index (χ4n) is 3.39. The molecule has 0 unspecified atom stereocenters. The van der Waals surface area contributed by atoms with E-state index in [-0.39, 0.29) is 5.91 Å². The molecule has 2 amide bonds. The van der Waals surface area contributed by atoms with E-state index in [1.807, 2.05) is 12.1 Å². The molecule has 28 heavy (non-hydrogen) atoms. The Bertz CT molecular complexity index is 1010. The van der Waals surface area contributed by atoms with E-state index in [0.717, 1.165) is 30.0 Å². The van der Waals surface area contributed by atoms with Crippen LogP contribution in [0.2, 0.25) is 0 Å². The Kier molecular flexibility index (Phi) is 4.99. The van der Waals surface area contributed by atoms with Gasteiger partial charge in [-0.05, 0) is 67.4 Å². The van der Waals surface area contributed by atoms with E-state index in [9.17, 15) is 9.59 Å². The van der Waals surface area contributed by atoms with Gasteiger partial charge in [0.15, 0.2) is 4.32 Å². The van der Waals surface area contributed by atoms with Crippen LogP contribution in [-0.4, -0.2) is 34.7 Å². The van der Waals surface area contributed by atoms with Crippen LogP contribution in [0.1, 0.15) is 33.7 Å². The highest BCUT2D eigenvalue weighted by Gasteiger charge is 2.34. The van der Waals surface area contributed by atoms with E-state index in [4.69, 9.17) is 16.6 Å². The Labute approximate surface area is 172 Å². The first-order chi connectivity index (χ1) is 13.4. The van der Waals surface area contributed by atoms with Crippen LogP contribution >= 0.6 is 24.0 Å². The molecule has 1 aromatic heterocycles. The number of rotatable bonds is 3. The van der Waals surface area contributed by atoms with Gasteiger partial charge in [0.05, 0.1) is 16.7 Å². The number of nitrogens with zero attached hydrogens (tertiary/aromatic N) is 2. The number of fused-ring (bicyclic) bond motifs is 1. The number of hydrogen-bond donors (Lipinski definition) is 1. The summed E-state index contributed by atoms with van der Waals surface area (Å²) in [5.74, 6) is -0.280. The lowest BCUT2D eigenvalue weighted by molar-refractivity contribution is -0.123. The Morgan fingerprint density at radius 2 is 2.18 bits per heavy atom. The van der Waals surface area contributed by atoms with Crippen LogP contribution in [0.5, 0.6) is 0 Å². The van der Waals surface area contributed by atoms with Gasteiger partial charge < -0.3 is 9.32 Å². The van der Waals surface area contributed by atoms with E-state index in [1.165, 1.54) is 29.3 Å². The molecule has 8 heteroatoms. The number of amides is 2. The molecule has 0 spiro atoms. The molecule has 0 radical (unpaired) electrons. The molecule has 1 fully saturated rings. The van der Waals surface area contributed by atoms with E-state index < -0.39 is 5.91 Å². The van der Waals surface area contributed by atoms with Crippen LogP contribution in [0.3, 0.4) is 0 Å². The van der Waals surface area contributed by atoms with Crippen molar-refractivity contribution in [2.45, 2.75) is 19.8 Å². The molecule has 1 N–H and O–H groups in total. The lowest BCUT2D eigenvalue weighted by Crippen LogP contribution is -2.44. The van der Waals surface area contributed by atoms with Gasteiger partial charge in [0, 0.05) is 19.3 Å². The molecule has 1 aromatic carbocycles. The lowest BCUT2D eigenvalue weighted by atomic mass is 9.99. The Balaban J connectivity index is 1.54. The Morgan fingerprint density at radius 1 is 1.36 bits per heavy atom. The highest BCUT2D eigenvalue weighted by Crippen LogP contribution is 2.33. The van der Waals surface area contributed by atoms with Crippen molar-refractivity contribution >= 4 is 51.9 Å². The predicted molar refractivity (Wildman–Crippen MR) is 114 cm³/mol. The molecule has 6 nitrogen and oxygen atoms in total. The summed E-state index contributed by atoms with van der Waals surface area (Å²) in [6, 6.07) is 7.76. The number of nitrogens with one attached hydrogen (secondary N) is 1. The van der Waals surface area contributed by atoms with Crippen molar-refractivity contribution in [2.75, 3.05) is 18.5 Å². The summed E-state index contributed by atoms with van der Waals surface area (Å²) >= 11 is 6.46. The first-order valence-corrected chi connectivity index (χ1v) is 10.1. The molecule has 0 saturated carbocycles. The summed E-state index contributed by atoms with van der Waals surface area (Å²) in [7, 11) is 2.09. The molecule has 2 aliphatic rings. The number of aryl methyl sites for hydroxylation is 2. The molecular formula is C20H19N3O3S2. The topological polar surface area (TPSA) is 65.8 Å². The Hall–Kier alpha value is -2.58. The minimum absolute atomic E-state index is 0.295. The summed E-state index contributed by atoms with van der Waals surface area (Å²) in [5, 5.41) is 1.12. The minimum Gasteiger partial charge on any atom is -0.469 e. The normalized spacial score (nSPS) is 18.0. The van der Waals surface area contributed by atoms with Crippen LogP contribution in [0, 0.1) is 6.92 Å². The van der Waals surface area contributed by atoms with Gasteiger partial charge in [-0.1, -0.05) is 17.8 Å². The van der Waals surface area contributed by atoms with E-state index in [0.29, 0.717) is 20.5 Å². The number of benzene rings is 1. The van der Waals surface area contributed by atoms with Gasteiger partial charge in [0.1, 0.15) is 5.76 Å². The Morgan fingerprint density at radius 3 is 2.93 bits per heavy atom. The van der Waals surface area contributed by atoms with E-state index in [1.54, 1.807) is 13.0 Å². The number of furan rings is 1. The number of thiocarbonyl (C=S) groups is 1. The molecule has 0 aliphatic carbocycles. The molecule has 4 rings (SSSR count). The molecule has 0 atom stereocenters. The second kappa shape index (κ2) is 7.44. The van der Waals surface area contributed by atoms with Gasteiger partial charge in [0.25, 0.3) is 11.8 Å². The highest BCUT2D eigenvalue weighted by molar-refractivity contribution is 8.26. The van der Waals surface area contributed by atoms with Crippen molar-refractivity contribution in [3.8, 4) is 0 Å². The van der Waals surface area contributed by atoms with Gasteiger partial charge >= 0.3 is 0 Å². The van der Waals surface area contributed by atoms with Crippen molar-refractivity contribution in [3.05, 3.63) is 57.9 Å². The highest BCUT2D eigenvalue weighted by atomic mass is 32.2. The predicted octanol–water partition coefficient (Wildman–Crippen LogP) is 3.52. The zero-order valence-corrected chi connectivity index (χ0v) is 17.2. The van der Waals surface area contributed by atoms with Crippen LogP contribution in [0.4, 0.5) is 5.69 Å². The van der Waals surface area contributed by atoms with Gasteiger partial charge in [-0.25, -0.2) is 0 Å². The fourth-order valence-corrected chi connectivity index (χ4v) is 4.57. The van der Waals surface area contributed by atoms with E-state index in [2.05, 4.69) is 29.5 Å². The fraction of sp³-hybridized carbons (Fsp3) is 0.250. The van der Waals surface area contributed by atoms with Crippen molar-refractivity contribution < 1.29 is 14.0 Å². The number of thioether (sulfide) groups is 1. The summed E-state index contributed by atoms with van der Waals surface area (Å²) in [5.41, 5.74) is 6.41. The largest absolute Gasteiger partial charge is 0.469 e. The van der Waals surface area contributed by atoms with Crippen LogP contribution < -0.4 is 10.3 Å². The number of anilines is 1. The maximum absolute atomic E-state index is 12.8. The average molecular weight is 414 g/mol. The number of hydrogen-bond acceptors (Lipinski definition) is 6. The maximum atomic E-state index is 12.8. The second-order valence-corrected chi connectivity index (χ2v) is 8.44. The monoisotopic (exact) mass is 413 g/mol. The summed E-state index contributed by atoms with van der Waals surface area (Å²) in [4.78, 5) is 27.9. The number of hydrazine groups is 1. The summed E-state index contributed by atoms with van der Waals surface area (Å²) in [6.07, 6.45) is 5.41. The minimum atomic E-state index is -0.430. The van der Waals surface area contributed by atoms with Crippen molar-refractivity contribution in [1.82, 2.24) is 10.4 Å². The first-order valence-electron chi connectivity index (χ1n) is 8.91. The zero-order valence-electron chi connectivity index (χ0n) is 15.5. The SMILES string of the molecule is Cc1occc1C(=O)NN1C(=O)/C(=C/c2ccc3c(c2)CCCN3C)SC1=S.